The Morgan fingerprint density at radius 1 is 1.27 bits per heavy atom. The Morgan fingerprint density at radius 2 is 2.14 bits per heavy atom. The van der Waals surface area contributed by atoms with Crippen molar-refractivity contribution in [1.82, 2.24) is 9.97 Å². The number of aromatic nitrogens is 2. The second-order valence-electron chi connectivity index (χ2n) is 5.59. The van der Waals surface area contributed by atoms with Crippen molar-refractivity contribution in [2.45, 2.75) is 12.8 Å². The highest BCUT2D eigenvalue weighted by molar-refractivity contribution is 5.96. The van der Waals surface area contributed by atoms with Crippen molar-refractivity contribution < 1.29 is 9.18 Å². The van der Waals surface area contributed by atoms with Crippen LogP contribution in [0.25, 0.3) is 22.0 Å². The third kappa shape index (κ3) is 2.35. The average molecular weight is 295 g/mol. The van der Waals surface area contributed by atoms with Crippen LogP contribution in [0.3, 0.4) is 0 Å². The molecule has 2 N–H and O–H groups in total. The van der Waals surface area contributed by atoms with Crippen LogP contribution in [-0.4, -0.2) is 15.9 Å². The molecule has 1 aliphatic carbocycles. The third-order valence-electron chi connectivity index (χ3n) is 3.92. The predicted molar refractivity (Wildman–Crippen MR) is 82.8 cm³/mol. The van der Waals surface area contributed by atoms with Gasteiger partial charge in [0, 0.05) is 40.3 Å². The molecule has 0 unspecified atom stereocenters. The van der Waals surface area contributed by atoms with E-state index in [9.17, 15) is 9.18 Å². The lowest BCUT2D eigenvalue weighted by Gasteiger charge is -2.04. The summed E-state index contributed by atoms with van der Waals surface area (Å²) in [5.74, 6) is 0.497. The van der Waals surface area contributed by atoms with Gasteiger partial charge in [-0.25, -0.2) is 9.37 Å². The number of fused-ring (bicyclic) bond motifs is 1. The molecule has 1 fully saturated rings. The van der Waals surface area contributed by atoms with E-state index >= 15 is 0 Å². The molecule has 0 radical (unpaired) electrons. The van der Waals surface area contributed by atoms with Crippen molar-refractivity contribution in [3.63, 3.8) is 0 Å². The quantitative estimate of drug-likeness (QED) is 0.773. The number of nitrogens with one attached hydrogen (secondary N) is 2. The zero-order chi connectivity index (χ0) is 15.1. The van der Waals surface area contributed by atoms with E-state index in [2.05, 4.69) is 15.3 Å². The number of nitrogens with zero attached hydrogens (tertiary/aromatic N) is 1. The lowest BCUT2D eigenvalue weighted by atomic mass is 10.1. The molecular weight excluding hydrogens is 281 g/mol. The predicted octanol–water partition coefficient (Wildman–Crippen LogP) is 3.72. The maximum absolute atomic E-state index is 13.2. The topological polar surface area (TPSA) is 57.8 Å². The maximum Gasteiger partial charge on any atom is 0.228 e. The van der Waals surface area contributed by atoms with Gasteiger partial charge in [-0.3, -0.25) is 4.79 Å². The molecule has 0 saturated heterocycles. The molecule has 2 heterocycles. The first-order valence-electron chi connectivity index (χ1n) is 7.24. The maximum atomic E-state index is 13.2. The SMILES string of the molecule is O=C(Nc1ccc(-c2c[nH]c3cc(F)ccc23)cn1)C1CC1. The van der Waals surface area contributed by atoms with Crippen LogP contribution in [0.2, 0.25) is 0 Å². The summed E-state index contributed by atoms with van der Waals surface area (Å²) in [4.78, 5) is 19.1. The van der Waals surface area contributed by atoms with Crippen molar-refractivity contribution >= 4 is 22.6 Å². The van der Waals surface area contributed by atoms with E-state index in [0.717, 1.165) is 34.9 Å². The molecule has 1 amide bonds. The number of aromatic amines is 1. The Bertz CT molecular complexity index is 850. The lowest BCUT2D eigenvalue weighted by molar-refractivity contribution is -0.117. The van der Waals surface area contributed by atoms with E-state index in [1.165, 1.54) is 12.1 Å². The van der Waals surface area contributed by atoms with Crippen LogP contribution < -0.4 is 5.32 Å². The molecule has 5 heteroatoms. The summed E-state index contributed by atoms with van der Waals surface area (Å²) in [6.07, 6.45) is 5.49. The number of benzene rings is 1. The van der Waals surface area contributed by atoms with E-state index < -0.39 is 0 Å². The molecule has 110 valence electrons. The van der Waals surface area contributed by atoms with Crippen LogP contribution in [0, 0.1) is 11.7 Å². The van der Waals surface area contributed by atoms with Crippen molar-refractivity contribution in [2.24, 2.45) is 5.92 Å². The van der Waals surface area contributed by atoms with Gasteiger partial charge in [-0.15, -0.1) is 0 Å². The monoisotopic (exact) mass is 295 g/mol. The molecule has 4 rings (SSSR count). The number of rotatable bonds is 3. The number of hydrogen-bond donors (Lipinski definition) is 2. The Kier molecular flexibility index (Phi) is 2.92. The Labute approximate surface area is 126 Å². The summed E-state index contributed by atoms with van der Waals surface area (Å²) in [6, 6.07) is 8.35. The summed E-state index contributed by atoms with van der Waals surface area (Å²) < 4.78 is 13.2. The molecule has 4 nitrogen and oxygen atoms in total. The fourth-order valence-electron chi connectivity index (χ4n) is 2.54. The average Bonchev–Trinajstić information content (AvgIpc) is 3.29. The van der Waals surface area contributed by atoms with Gasteiger partial charge in [0.1, 0.15) is 11.6 Å². The zero-order valence-corrected chi connectivity index (χ0v) is 11.8. The molecular formula is C17H14FN3O. The van der Waals surface area contributed by atoms with Crippen molar-refractivity contribution in [3.05, 3.63) is 48.5 Å². The van der Waals surface area contributed by atoms with Crippen molar-refractivity contribution in [3.8, 4) is 11.1 Å². The fourth-order valence-corrected chi connectivity index (χ4v) is 2.54. The number of H-pyrrole nitrogens is 1. The van der Waals surface area contributed by atoms with Crippen LogP contribution in [0.4, 0.5) is 10.2 Å². The molecule has 1 saturated carbocycles. The minimum absolute atomic E-state index is 0.0443. The molecule has 0 aliphatic heterocycles. The highest BCUT2D eigenvalue weighted by Crippen LogP contribution is 2.31. The number of anilines is 1. The fraction of sp³-hybridized carbons (Fsp3) is 0.176. The largest absolute Gasteiger partial charge is 0.360 e. The van der Waals surface area contributed by atoms with Gasteiger partial charge in [0.15, 0.2) is 0 Å². The zero-order valence-electron chi connectivity index (χ0n) is 11.8. The van der Waals surface area contributed by atoms with Gasteiger partial charge in [-0.05, 0) is 43.2 Å². The number of halogens is 1. The summed E-state index contributed by atoms with van der Waals surface area (Å²) in [7, 11) is 0. The van der Waals surface area contributed by atoms with Crippen LogP contribution in [0.15, 0.2) is 42.7 Å². The van der Waals surface area contributed by atoms with Gasteiger partial charge in [0.2, 0.25) is 5.91 Å². The lowest BCUT2D eigenvalue weighted by Crippen LogP contribution is -2.14. The molecule has 22 heavy (non-hydrogen) atoms. The third-order valence-corrected chi connectivity index (χ3v) is 3.92. The van der Waals surface area contributed by atoms with Crippen LogP contribution >= 0.6 is 0 Å². The molecule has 1 aromatic carbocycles. The molecule has 2 aromatic heterocycles. The highest BCUT2D eigenvalue weighted by Gasteiger charge is 2.29. The van der Waals surface area contributed by atoms with Gasteiger partial charge < -0.3 is 10.3 Å². The van der Waals surface area contributed by atoms with E-state index in [-0.39, 0.29) is 17.6 Å². The number of carbonyl (C=O) groups is 1. The minimum Gasteiger partial charge on any atom is -0.360 e. The summed E-state index contributed by atoms with van der Waals surface area (Å²) in [5, 5.41) is 3.76. The standard InChI is InChI=1S/C17H14FN3O/c18-12-4-5-13-14(9-19-15(13)7-12)11-3-6-16(20-8-11)21-17(22)10-1-2-10/h3-10,19H,1-2H2,(H,20,21,22). The van der Waals surface area contributed by atoms with Gasteiger partial charge in [0.05, 0.1) is 0 Å². The Hall–Kier alpha value is -2.69. The van der Waals surface area contributed by atoms with Crippen LogP contribution in [0.5, 0.6) is 0 Å². The first kappa shape index (κ1) is 13.0. The van der Waals surface area contributed by atoms with Crippen molar-refractivity contribution in [1.29, 1.82) is 0 Å². The molecule has 3 aromatic rings. The van der Waals surface area contributed by atoms with Crippen LogP contribution in [-0.2, 0) is 4.79 Å². The Morgan fingerprint density at radius 3 is 2.86 bits per heavy atom. The second kappa shape index (κ2) is 4.94. The summed E-state index contributed by atoms with van der Waals surface area (Å²) in [5.41, 5.74) is 2.63. The molecule has 0 atom stereocenters. The second-order valence-corrected chi connectivity index (χ2v) is 5.59. The number of hydrogen-bond acceptors (Lipinski definition) is 2. The van der Waals surface area contributed by atoms with Gasteiger partial charge in [-0.2, -0.15) is 0 Å². The van der Waals surface area contributed by atoms with Gasteiger partial charge in [0.25, 0.3) is 0 Å². The number of pyridine rings is 1. The first-order valence-corrected chi connectivity index (χ1v) is 7.24. The van der Waals surface area contributed by atoms with Gasteiger partial charge >= 0.3 is 0 Å². The minimum atomic E-state index is -0.267. The highest BCUT2D eigenvalue weighted by atomic mass is 19.1. The summed E-state index contributed by atoms with van der Waals surface area (Å²) in [6.45, 7) is 0. The van der Waals surface area contributed by atoms with E-state index in [1.54, 1.807) is 18.3 Å². The van der Waals surface area contributed by atoms with E-state index in [4.69, 9.17) is 0 Å². The number of carbonyl (C=O) groups excluding carboxylic acids is 1. The molecule has 1 aliphatic rings. The van der Waals surface area contributed by atoms with E-state index in [1.807, 2.05) is 12.3 Å². The summed E-state index contributed by atoms with van der Waals surface area (Å²) >= 11 is 0. The van der Waals surface area contributed by atoms with Gasteiger partial charge in [-0.1, -0.05) is 0 Å². The first-order chi connectivity index (χ1) is 10.7. The normalized spacial score (nSPS) is 14.2. The van der Waals surface area contributed by atoms with Crippen molar-refractivity contribution in [2.75, 3.05) is 5.32 Å². The number of amides is 1. The smallest absolute Gasteiger partial charge is 0.228 e. The molecule has 0 spiro atoms. The molecule has 0 bridgehead atoms. The van der Waals surface area contributed by atoms with E-state index in [0.29, 0.717) is 5.82 Å². The van der Waals surface area contributed by atoms with Crippen LogP contribution in [0.1, 0.15) is 12.8 Å². The Balaban J connectivity index is 1.62.